The van der Waals surface area contributed by atoms with Crippen LogP contribution < -0.4 is 10.0 Å². The van der Waals surface area contributed by atoms with Crippen molar-refractivity contribution in [3.8, 4) is 5.69 Å². The first-order chi connectivity index (χ1) is 12.0. The molecule has 6 nitrogen and oxygen atoms in total. The van der Waals surface area contributed by atoms with E-state index in [0.29, 0.717) is 10.8 Å². The molecule has 1 amide bonds. The zero-order valence-electron chi connectivity index (χ0n) is 14.0. The van der Waals surface area contributed by atoms with Crippen LogP contribution in [-0.4, -0.2) is 21.4 Å². The van der Waals surface area contributed by atoms with E-state index in [4.69, 9.17) is 0 Å². The predicted molar refractivity (Wildman–Crippen MR) is 97.8 cm³/mol. The molecule has 1 N–H and O–H groups in total. The molecule has 0 spiro atoms. The molecule has 0 aliphatic carbocycles. The SMILES string of the molecule is Cc1ccc(-n2nc(C)cc2NC(=O)CSc2cccc[n+]2[O-])cc1. The lowest BCUT2D eigenvalue weighted by Gasteiger charge is -2.09. The Kier molecular flexibility index (Phi) is 5.04. The lowest BCUT2D eigenvalue weighted by Crippen LogP contribution is -2.28. The minimum absolute atomic E-state index is 0.143. The van der Waals surface area contributed by atoms with Gasteiger partial charge in [0.25, 0.3) is 5.03 Å². The smallest absolute Gasteiger partial charge is 0.251 e. The Hall–Kier alpha value is -2.80. The van der Waals surface area contributed by atoms with Crippen LogP contribution >= 0.6 is 11.8 Å². The van der Waals surface area contributed by atoms with E-state index in [-0.39, 0.29) is 11.7 Å². The van der Waals surface area contributed by atoms with E-state index >= 15 is 0 Å². The number of hydrogen-bond donors (Lipinski definition) is 1. The second-order valence-corrected chi connectivity index (χ2v) is 6.62. The number of pyridine rings is 1. The molecule has 1 aromatic carbocycles. The summed E-state index contributed by atoms with van der Waals surface area (Å²) in [5.74, 6) is 0.557. The number of carbonyl (C=O) groups is 1. The number of hydrogen-bond acceptors (Lipinski definition) is 4. The van der Waals surface area contributed by atoms with Crippen LogP contribution in [0.3, 0.4) is 0 Å². The quantitative estimate of drug-likeness (QED) is 0.434. The monoisotopic (exact) mass is 354 g/mol. The minimum Gasteiger partial charge on any atom is -0.618 e. The second kappa shape index (κ2) is 7.40. The van der Waals surface area contributed by atoms with Crippen molar-refractivity contribution in [3.05, 3.63) is 71.2 Å². The highest BCUT2D eigenvalue weighted by atomic mass is 32.2. The fraction of sp³-hybridized carbons (Fsp3) is 0.167. The number of aromatic nitrogens is 3. The molecular weight excluding hydrogens is 336 g/mol. The van der Waals surface area contributed by atoms with Gasteiger partial charge in [-0.1, -0.05) is 17.7 Å². The molecule has 0 aliphatic heterocycles. The third-order valence-corrected chi connectivity index (χ3v) is 4.54. The molecule has 2 aromatic heterocycles. The van der Waals surface area contributed by atoms with Crippen molar-refractivity contribution in [1.29, 1.82) is 0 Å². The Labute approximate surface area is 150 Å². The van der Waals surface area contributed by atoms with Crippen molar-refractivity contribution in [1.82, 2.24) is 9.78 Å². The number of nitrogens with one attached hydrogen (secondary N) is 1. The number of carbonyl (C=O) groups excluding carboxylic acids is 1. The Balaban J connectivity index is 1.71. The molecule has 0 aliphatic rings. The standard InChI is InChI=1S/C18H18N4O2S/c1-13-6-8-15(9-7-13)22-16(11-14(2)20-22)19-17(23)12-25-18-5-3-4-10-21(18)24/h3-11H,12H2,1-2H3,(H,19,23). The van der Waals surface area contributed by atoms with Gasteiger partial charge in [-0.05, 0) is 43.8 Å². The lowest BCUT2D eigenvalue weighted by molar-refractivity contribution is -0.645. The maximum atomic E-state index is 12.3. The highest BCUT2D eigenvalue weighted by Gasteiger charge is 2.13. The summed E-state index contributed by atoms with van der Waals surface area (Å²) in [5, 5.41) is 19.4. The molecule has 7 heteroatoms. The molecule has 3 aromatic rings. The fourth-order valence-corrected chi connectivity index (χ4v) is 3.03. The van der Waals surface area contributed by atoms with Crippen LogP contribution in [0.25, 0.3) is 5.69 Å². The van der Waals surface area contributed by atoms with E-state index in [0.717, 1.165) is 21.7 Å². The number of rotatable bonds is 5. The van der Waals surface area contributed by atoms with Crippen molar-refractivity contribution in [2.75, 3.05) is 11.1 Å². The van der Waals surface area contributed by atoms with Gasteiger partial charge in [0.05, 0.1) is 17.1 Å². The molecule has 0 saturated carbocycles. The second-order valence-electron chi connectivity index (χ2n) is 5.62. The van der Waals surface area contributed by atoms with Gasteiger partial charge in [0.2, 0.25) is 5.91 Å². The molecule has 0 fully saturated rings. The van der Waals surface area contributed by atoms with Gasteiger partial charge in [-0.3, -0.25) is 4.79 Å². The number of anilines is 1. The summed E-state index contributed by atoms with van der Waals surface area (Å²) in [6.07, 6.45) is 1.41. The van der Waals surface area contributed by atoms with E-state index in [1.165, 1.54) is 18.0 Å². The van der Waals surface area contributed by atoms with Crippen LogP contribution in [0.15, 0.2) is 59.8 Å². The third kappa shape index (κ3) is 4.19. The summed E-state index contributed by atoms with van der Waals surface area (Å²) in [6, 6.07) is 14.8. The first-order valence-corrected chi connectivity index (χ1v) is 8.76. The maximum absolute atomic E-state index is 12.3. The number of benzene rings is 1. The Morgan fingerprint density at radius 3 is 2.72 bits per heavy atom. The molecular formula is C18H18N4O2S. The molecule has 128 valence electrons. The van der Waals surface area contributed by atoms with Gasteiger partial charge in [-0.15, -0.1) is 0 Å². The highest BCUT2D eigenvalue weighted by Crippen LogP contribution is 2.19. The van der Waals surface area contributed by atoms with Gasteiger partial charge in [0.15, 0.2) is 6.20 Å². The first kappa shape index (κ1) is 17.0. The number of amides is 1. The molecule has 0 saturated heterocycles. The van der Waals surface area contributed by atoms with E-state index in [1.54, 1.807) is 22.9 Å². The lowest BCUT2D eigenvalue weighted by atomic mass is 10.2. The van der Waals surface area contributed by atoms with Crippen LogP contribution in [0.5, 0.6) is 0 Å². The minimum atomic E-state index is -0.192. The van der Waals surface area contributed by atoms with Crippen LogP contribution in [0.2, 0.25) is 0 Å². The van der Waals surface area contributed by atoms with Gasteiger partial charge in [-0.25, -0.2) is 4.68 Å². The van der Waals surface area contributed by atoms with Gasteiger partial charge < -0.3 is 10.5 Å². The van der Waals surface area contributed by atoms with Crippen molar-refractivity contribution in [2.24, 2.45) is 0 Å². The van der Waals surface area contributed by atoms with E-state index in [1.807, 2.05) is 44.2 Å². The van der Waals surface area contributed by atoms with Crippen LogP contribution in [0, 0.1) is 19.1 Å². The summed E-state index contributed by atoms with van der Waals surface area (Å²) in [4.78, 5) is 12.3. The van der Waals surface area contributed by atoms with Gasteiger partial charge >= 0.3 is 0 Å². The molecule has 0 unspecified atom stereocenters. The van der Waals surface area contributed by atoms with Gasteiger partial charge in [0.1, 0.15) is 5.82 Å². The topological polar surface area (TPSA) is 73.9 Å². The zero-order valence-corrected chi connectivity index (χ0v) is 14.8. The summed E-state index contributed by atoms with van der Waals surface area (Å²) in [5.41, 5.74) is 2.84. The number of nitrogens with zero attached hydrogens (tertiary/aromatic N) is 3. The van der Waals surface area contributed by atoms with Crippen molar-refractivity contribution in [2.45, 2.75) is 18.9 Å². The summed E-state index contributed by atoms with van der Waals surface area (Å²) < 4.78 is 2.45. The maximum Gasteiger partial charge on any atom is 0.251 e. The Morgan fingerprint density at radius 2 is 2.00 bits per heavy atom. The summed E-state index contributed by atoms with van der Waals surface area (Å²) in [6.45, 7) is 3.89. The molecule has 0 bridgehead atoms. The normalized spacial score (nSPS) is 10.6. The van der Waals surface area contributed by atoms with Crippen molar-refractivity contribution in [3.63, 3.8) is 0 Å². The number of thioether (sulfide) groups is 1. The largest absolute Gasteiger partial charge is 0.618 e. The van der Waals surface area contributed by atoms with Crippen LogP contribution in [-0.2, 0) is 4.79 Å². The predicted octanol–water partition coefficient (Wildman–Crippen LogP) is 2.85. The van der Waals surface area contributed by atoms with Crippen molar-refractivity contribution < 1.29 is 9.52 Å². The van der Waals surface area contributed by atoms with E-state index in [2.05, 4.69) is 10.4 Å². The van der Waals surface area contributed by atoms with Crippen LogP contribution in [0.1, 0.15) is 11.3 Å². The molecule has 0 atom stereocenters. The van der Waals surface area contributed by atoms with Crippen LogP contribution in [0.4, 0.5) is 5.82 Å². The van der Waals surface area contributed by atoms with E-state index < -0.39 is 0 Å². The summed E-state index contributed by atoms with van der Waals surface area (Å²) in [7, 11) is 0. The molecule has 2 heterocycles. The molecule has 0 radical (unpaired) electrons. The zero-order chi connectivity index (χ0) is 17.8. The molecule has 3 rings (SSSR count). The van der Waals surface area contributed by atoms with Gasteiger partial charge in [-0.2, -0.15) is 9.83 Å². The summed E-state index contributed by atoms with van der Waals surface area (Å²) >= 11 is 1.19. The molecule has 25 heavy (non-hydrogen) atoms. The Morgan fingerprint density at radius 1 is 1.24 bits per heavy atom. The average Bonchev–Trinajstić information content (AvgIpc) is 2.95. The number of aryl methyl sites for hydroxylation is 2. The Bertz CT molecular complexity index is 890. The van der Waals surface area contributed by atoms with E-state index in [9.17, 15) is 10.0 Å². The fourth-order valence-electron chi connectivity index (χ4n) is 2.31. The average molecular weight is 354 g/mol. The first-order valence-electron chi connectivity index (χ1n) is 7.77. The highest BCUT2D eigenvalue weighted by molar-refractivity contribution is 7.99. The third-order valence-electron chi connectivity index (χ3n) is 3.52. The van der Waals surface area contributed by atoms with Crippen molar-refractivity contribution >= 4 is 23.5 Å². The van der Waals surface area contributed by atoms with Gasteiger partial charge in [0, 0.05) is 18.2 Å².